The minimum atomic E-state index is -0.767. The Balaban J connectivity index is 4.12. The minimum absolute atomic E-state index is 0.0639. The smallest absolute Gasteiger partial charge is 0.306 e. The lowest BCUT2D eigenvalue weighted by molar-refractivity contribution is -0.167. The van der Waals surface area contributed by atoms with Crippen LogP contribution < -0.4 is 0 Å². The van der Waals surface area contributed by atoms with Crippen LogP contribution in [-0.4, -0.2) is 37.2 Å². The maximum atomic E-state index is 12.9. The van der Waals surface area contributed by atoms with Crippen LogP contribution in [0, 0.1) is 0 Å². The summed E-state index contributed by atoms with van der Waals surface area (Å²) in [5.41, 5.74) is 0. The number of esters is 3. The summed E-state index contributed by atoms with van der Waals surface area (Å²) in [5, 5.41) is 0. The van der Waals surface area contributed by atoms with E-state index in [0.29, 0.717) is 19.3 Å². The molecule has 0 aromatic carbocycles. The Hall–Kier alpha value is -2.37. The lowest BCUT2D eigenvalue weighted by Crippen LogP contribution is -2.30. The lowest BCUT2D eigenvalue weighted by atomic mass is 10.0. The number of unbranched alkanes of at least 4 members (excludes halogenated alkanes) is 51. The van der Waals surface area contributed by atoms with Crippen LogP contribution in [-0.2, 0) is 28.6 Å². The van der Waals surface area contributed by atoms with Crippen molar-refractivity contribution in [3.8, 4) is 0 Å². The van der Waals surface area contributed by atoms with E-state index in [2.05, 4.69) is 57.2 Å². The van der Waals surface area contributed by atoms with Gasteiger partial charge in [-0.15, -0.1) is 0 Å². The van der Waals surface area contributed by atoms with Crippen LogP contribution in [0.2, 0.25) is 0 Å². The first-order valence-corrected chi connectivity index (χ1v) is 36.5. The molecule has 0 saturated heterocycles. The third-order valence-corrected chi connectivity index (χ3v) is 16.6. The van der Waals surface area contributed by atoms with Gasteiger partial charge in [-0.2, -0.15) is 0 Å². The molecule has 0 rings (SSSR count). The van der Waals surface area contributed by atoms with Gasteiger partial charge < -0.3 is 14.2 Å². The molecule has 0 aliphatic carbocycles. The van der Waals surface area contributed by atoms with Crippen LogP contribution in [0.1, 0.15) is 406 Å². The number of rotatable bonds is 68. The molecular weight excluding hydrogens is 997 g/mol. The first kappa shape index (κ1) is 78.6. The Morgan fingerprint density at radius 3 is 0.691 bits per heavy atom. The fourth-order valence-corrected chi connectivity index (χ4v) is 11.2. The molecule has 6 nitrogen and oxygen atoms in total. The van der Waals surface area contributed by atoms with E-state index in [1.54, 1.807) is 0 Å². The fourth-order valence-electron chi connectivity index (χ4n) is 11.2. The summed E-state index contributed by atoms with van der Waals surface area (Å²) in [6.07, 6.45) is 87.6. The molecule has 0 bridgehead atoms. The molecule has 0 radical (unpaired) electrons. The first-order chi connectivity index (χ1) is 40.0. The van der Waals surface area contributed by atoms with E-state index >= 15 is 0 Å². The Morgan fingerprint density at radius 1 is 0.247 bits per heavy atom. The maximum Gasteiger partial charge on any atom is 0.306 e. The number of hydrogen-bond acceptors (Lipinski definition) is 6. The van der Waals surface area contributed by atoms with Crippen LogP contribution >= 0.6 is 0 Å². The molecule has 81 heavy (non-hydrogen) atoms. The second kappa shape index (κ2) is 70.1. The van der Waals surface area contributed by atoms with E-state index in [9.17, 15) is 14.4 Å². The largest absolute Gasteiger partial charge is 0.462 e. The van der Waals surface area contributed by atoms with Gasteiger partial charge in [0.1, 0.15) is 13.2 Å². The number of allylic oxidation sites excluding steroid dienone is 6. The Kier molecular flexibility index (Phi) is 68.1. The van der Waals surface area contributed by atoms with E-state index in [1.165, 1.54) is 295 Å². The average Bonchev–Trinajstić information content (AvgIpc) is 3.47. The van der Waals surface area contributed by atoms with Crippen molar-refractivity contribution in [2.24, 2.45) is 0 Å². The average molecular weight is 1140 g/mol. The normalized spacial score (nSPS) is 12.2. The summed E-state index contributed by atoms with van der Waals surface area (Å²) in [4.78, 5) is 38.4. The molecule has 0 saturated carbocycles. The maximum absolute atomic E-state index is 12.9. The van der Waals surface area contributed by atoms with E-state index < -0.39 is 6.10 Å². The summed E-state index contributed by atoms with van der Waals surface area (Å²) in [6.45, 7) is 6.71. The van der Waals surface area contributed by atoms with Crippen molar-refractivity contribution in [3.63, 3.8) is 0 Å². The SMILES string of the molecule is CCCCCCC/C=C\C/C=C\C/C=C\CCCCCCCCCCCCCCCCCCCCC(=O)OCC(COC(=O)CCCCCCCCCCCCCCCC)OC(=O)CCCCCCCCCCCCCCCCCC. The molecule has 1 atom stereocenters. The molecule has 0 N–H and O–H groups in total. The number of carbonyl (C=O) groups is 3. The van der Waals surface area contributed by atoms with Crippen molar-refractivity contribution in [2.45, 2.75) is 412 Å². The fraction of sp³-hybridized carbons (Fsp3) is 0.880. The summed E-state index contributed by atoms with van der Waals surface area (Å²) < 4.78 is 17.0. The zero-order valence-corrected chi connectivity index (χ0v) is 54.8. The quantitative estimate of drug-likeness (QED) is 0.0261. The Morgan fingerprint density at radius 2 is 0.444 bits per heavy atom. The number of ether oxygens (including phenoxy) is 3. The van der Waals surface area contributed by atoms with Crippen molar-refractivity contribution in [2.75, 3.05) is 13.2 Å². The van der Waals surface area contributed by atoms with Crippen molar-refractivity contribution in [1.82, 2.24) is 0 Å². The molecule has 0 amide bonds. The molecule has 0 aliphatic heterocycles. The second-order valence-electron chi connectivity index (χ2n) is 24.9. The van der Waals surface area contributed by atoms with Gasteiger partial charge in [-0.25, -0.2) is 0 Å². The molecule has 0 aliphatic rings. The van der Waals surface area contributed by atoms with Gasteiger partial charge >= 0.3 is 17.9 Å². The van der Waals surface area contributed by atoms with Crippen LogP contribution in [0.15, 0.2) is 36.5 Å². The van der Waals surface area contributed by atoms with Crippen molar-refractivity contribution in [3.05, 3.63) is 36.5 Å². The third-order valence-electron chi connectivity index (χ3n) is 16.6. The van der Waals surface area contributed by atoms with Gasteiger partial charge in [0.05, 0.1) is 0 Å². The van der Waals surface area contributed by atoms with Crippen LogP contribution in [0.3, 0.4) is 0 Å². The Labute approximate surface area is 506 Å². The van der Waals surface area contributed by atoms with E-state index in [4.69, 9.17) is 14.2 Å². The third kappa shape index (κ3) is 68.3. The molecule has 0 spiro atoms. The predicted octanol–water partition coefficient (Wildman–Crippen LogP) is 25.1. The van der Waals surface area contributed by atoms with E-state index in [0.717, 1.165) is 70.6 Å². The van der Waals surface area contributed by atoms with Gasteiger partial charge in [0.15, 0.2) is 6.10 Å². The van der Waals surface area contributed by atoms with Gasteiger partial charge in [0, 0.05) is 19.3 Å². The van der Waals surface area contributed by atoms with Crippen LogP contribution in [0.5, 0.6) is 0 Å². The van der Waals surface area contributed by atoms with Crippen molar-refractivity contribution < 1.29 is 28.6 Å². The molecular formula is C75H140O6. The zero-order chi connectivity index (χ0) is 58.5. The van der Waals surface area contributed by atoms with Gasteiger partial charge in [-0.05, 0) is 57.8 Å². The number of carbonyl (C=O) groups excluding carboxylic acids is 3. The Bertz CT molecular complexity index is 1350. The standard InChI is InChI=1S/C75H140O6/c1-4-7-10-13-16-19-22-25-28-30-31-32-33-34-35-36-37-38-39-40-41-42-43-44-45-46-48-50-53-56-59-62-65-68-74(77)80-71-72(70-79-73(76)67-64-61-58-55-52-49-27-24-21-18-15-12-9-6-3)81-75(78)69-66-63-60-57-54-51-47-29-26-23-20-17-14-11-8-5-2/h22,25,30-31,33-34,72H,4-21,23-24,26-29,32,35-71H2,1-3H3/b25-22-,31-30-,34-33-. The summed E-state index contributed by atoms with van der Waals surface area (Å²) >= 11 is 0. The van der Waals surface area contributed by atoms with Gasteiger partial charge in [0.25, 0.3) is 0 Å². The van der Waals surface area contributed by atoms with E-state index in [-0.39, 0.29) is 31.1 Å². The first-order valence-electron chi connectivity index (χ1n) is 36.5. The van der Waals surface area contributed by atoms with Crippen LogP contribution in [0.4, 0.5) is 0 Å². The topological polar surface area (TPSA) is 78.9 Å². The highest BCUT2D eigenvalue weighted by Gasteiger charge is 2.19. The summed E-state index contributed by atoms with van der Waals surface area (Å²) in [7, 11) is 0. The molecule has 0 aromatic heterocycles. The van der Waals surface area contributed by atoms with Gasteiger partial charge in [-0.1, -0.05) is 365 Å². The molecule has 476 valence electrons. The molecule has 6 heteroatoms. The monoisotopic (exact) mass is 1140 g/mol. The zero-order valence-electron chi connectivity index (χ0n) is 54.8. The van der Waals surface area contributed by atoms with E-state index in [1.807, 2.05) is 0 Å². The molecule has 0 aromatic rings. The highest BCUT2D eigenvalue weighted by molar-refractivity contribution is 5.71. The summed E-state index contributed by atoms with van der Waals surface area (Å²) in [5.74, 6) is -0.831. The predicted molar refractivity (Wildman–Crippen MR) is 353 cm³/mol. The highest BCUT2D eigenvalue weighted by atomic mass is 16.6. The van der Waals surface area contributed by atoms with Gasteiger partial charge in [-0.3, -0.25) is 14.4 Å². The summed E-state index contributed by atoms with van der Waals surface area (Å²) in [6, 6.07) is 0. The lowest BCUT2D eigenvalue weighted by Gasteiger charge is -2.18. The molecule has 0 fully saturated rings. The number of hydrogen-bond donors (Lipinski definition) is 0. The second-order valence-corrected chi connectivity index (χ2v) is 24.9. The van der Waals surface area contributed by atoms with Gasteiger partial charge in [0.2, 0.25) is 0 Å². The van der Waals surface area contributed by atoms with Crippen LogP contribution in [0.25, 0.3) is 0 Å². The van der Waals surface area contributed by atoms with Crippen molar-refractivity contribution in [1.29, 1.82) is 0 Å². The molecule has 1 unspecified atom stereocenters. The molecule has 0 heterocycles. The highest BCUT2D eigenvalue weighted by Crippen LogP contribution is 2.19. The minimum Gasteiger partial charge on any atom is -0.462 e. The van der Waals surface area contributed by atoms with Crippen molar-refractivity contribution >= 4 is 17.9 Å².